The second-order valence-corrected chi connectivity index (χ2v) is 9.70. The minimum atomic E-state index is -0.311. The number of amidine groups is 1. The number of carbonyl (C=O) groups excluding carboxylic acids is 1. The molecule has 0 unspecified atom stereocenters. The third kappa shape index (κ3) is 5.72. The first-order valence-corrected chi connectivity index (χ1v) is 11.9. The van der Waals surface area contributed by atoms with Crippen molar-refractivity contribution in [1.29, 1.82) is 0 Å². The molecule has 0 saturated carbocycles. The van der Waals surface area contributed by atoms with Crippen LogP contribution in [0, 0.1) is 5.82 Å². The first kappa shape index (κ1) is 24.3. The summed E-state index contributed by atoms with van der Waals surface area (Å²) in [6, 6.07) is 10.0. The van der Waals surface area contributed by atoms with Gasteiger partial charge in [-0.25, -0.2) is 4.39 Å². The van der Waals surface area contributed by atoms with Crippen molar-refractivity contribution in [1.82, 2.24) is 4.90 Å². The number of hydrogen-bond acceptors (Lipinski definition) is 5. The third-order valence-electron chi connectivity index (χ3n) is 4.54. The van der Waals surface area contributed by atoms with E-state index in [1.165, 1.54) is 23.9 Å². The number of nitrogens with zero attached hydrogens (tertiary/aromatic N) is 2. The van der Waals surface area contributed by atoms with Gasteiger partial charge in [0.2, 0.25) is 0 Å². The molecule has 0 spiro atoms. The maximum Gasteiger partial charge on any atom is 0.266 e. The highest BCUT2D eigenvalue weighted by molar-refractivity contribution is 9.10. The van der Waals surface area contributed by atoms with Crippen LogP contribution in [0.15, 0.2) is 50.8 Å². The van der Waals surface area contributed by atoms with E-state index in [1.807, 2.05) is 45.9 Å². The van der Waals surface area contributed by atoms with E-state index >= 15 is 0 Å². The third-order valence-corrected chi connectivity index (χ3v) is 6.13. The fourth-order valence-electron chi connectivity index (χ4n) is 3.15. The van der Waals surface area contributed by atoms with Crippen LogP contribution in [-0.4, -0.2) is 35.2 Å². The van der Waals surface area contributed by atoms with Gasteiger partial charge in [-0.2, -0.15) is 0 Å². The van der Waals surface area contributed by atoms with Crippen molar-refractivity contribution in [2.75, 3.05) is 7.11 Å². The lowest BCUT2D eigenvalue weighted by atomic mass is 10.1. The Morgan fingerprint density at radius 2 is 1.97 bits per heavy atom. The molecule has 8 heteroatoms. The Labute approximate surface area is 200 Å². The van der Waals surface area contributed by atoms with Crippen LogP contribution in [0.25, 0.3) is 6.08 Å². The number of aliphatic imine (C=N–C) groups is 1. The van der Waals surface area contributed by atoms with E-state index in [4.69, 9.17) is 9.47 Å². The largest absolute Gasteiger partial charge is 0.493 e. The molecule has 32 heavy (non-hydrogen) atoms. The molecular weight excluding hydrogens is 495 g/mol. The molecular formula is C24H26BrFN2O3S. The predicted molar refractivity (Wildman–Crippen MR) is 132 cm³/mol. The van der Waals surface area contributed by atoms with E-state index in [-0.39, 0.29) is 30.4 Å². The highest BCUT2D eigenvalue weighted by Gasteiger charge is 2.35. The number of halogens is 2. The standard InChI is InChI=1S/C24H26BrFN2O3S/c1-14(2)27-24-28(15(3)4)23(29)21(32-24)12-17-10-19(25)22(20(11-17)30-5)31-13-16-7-6-8-18(26)9-16/h6-12,14-15H,13H2,1-5H3/b21-12+,27-24?. The topological polar surface area (TPSA) is 51.1 Å². The van der Waals surface area contributed by atoms with E-state index in [1.54, 1.807) is 24.1 Å². The number of methoxy groups -OCH3 is 1. The molecule has 1 amide bonds. The minimum Gasteiger partial charge on any atom is -0.493 e. The van der Waals surface area contributed by atoms with E-state index in [0.717, 1.165) is 5.56 Å². The zero-order chi connectivity index (χ0) is 23.4. The summed E-state index contributed by atoms with van der Waals surface area (Å²) < 4.78 is 25.5. The lowest BCUT2D eigenvalue weighted by Crippen LogP contribution is -2.35. The Balaban J connectivity index is 1.88. The van der Waals surface area contributed by atoms with Gasteiger partial charge in [0.1, 0.15) is 12.4 Å². The number of hydrogen-bond donors (Lipinski definition) is 0. The maximum absolute atomic E-state index is 13.4. The molecule has 1 aliphatic heterocycles. The highest BCUT2D eigenvalue weighted by Crippen LogP contribution is 2.40. The SMILES string of the molecule is COc1cc(/C=C2/SC(=NC(C)C)N(C(C)C)C2=O)cc(Br)c1OCc1cccc(F)c1. The van der Waals surface area contributed by atoms with Gasteiger partial charge in [-0.15, -0.1) is 0 Å². The van der Waals surface area contributed by atoms with Crippen molar-refractivity contribution < 1.29 is 18.7 Å². The molecule has 0 bridgehead atoms. The Kier molecular flexibility index (Phi) is 8.00. The lowest BCUT2D eigenvalue weighted by Gasteiger charge is -2.20. The van der Waals surface area contributed by atoms with Gasteiger partial charge in [-0.1, -0.05) is 12.1 Å². The molecule has 3 rings (SSSR count). The normalized spacial score (nSPS) is 16.7. The predicted octanol–water partition coefficient (Wildman–Crippen LogP) is 6.26. The Bertz CT molecular complexity index is 1070. The van der Waals surface area contributed by atoms with Crippen molar-refractivity contribution in [2.45, 2.75) is 46.4 Å². The summed E-state index contributed by atoms with van der Waals surface area (Å²) >= 11 is 4.91. The Hall–Kier alpha value is -2.32. The Morgan fingerprint density at radius 3 is 2.59 bits per heavy atom. The van der Waals surface area contributed by atoms with Gasteiger partial charge >= 0.3 is 0 Å². The quantitative estimate of drug-likeness (QED) is 0.404. The summed E-state index contributed by atoms with van der Waals surface area (Å²) in [5.41, 5.74) is 1.50. The van der Waals surface area contributed by atoms with E-state index in [9.17, 15) is 9.18 Å². The average Bonchev–Trinajstić information content (AvgIpc) is 3.01. The zero-order valence-electron chi connectivity index (χ0n) is 18.7. The highest BCUT2D eigenvalue weighted by atomic mass is 79.9. The molecule has 0 aliphatic carbocycles. The minimum absolute atomic E-state index is 0.0123. The van der Waals surface area contributed by atoms with Gasteiger partial charge in [-0.3, -0.25) is 14.7 Å². The number of benzene rings is 2. The summed E-state index contributed by atoms with van der Waals surface area (Å²) in [5.74, 6) is 0.643. The van der Waals surface area contributed by atoms with Gasteiger partial charge in [0.05, 0.1) is 16.5 Å². The molecule has 0 N–H and O–H groups in total. The molecule has 1 heterocycles. The first-order chi connectivity index (χ1) is 15.2. The van der Waals surface area contributed by atoms with Gasteiger partial charge in [-0.05, 0) is 96.9 Å². The molecule has 0 atom stereocenters. The molecule has 0 aromatic heterocycles. The van der Waals surface area contributed by atoms with Crippen LogP contribution in [0.3, 0.4) is 0 Å². The molecule has 0 radical (unpaired) electrons. The van der Waals surface area contributed by atoms with E-state index in [2.05, 4.69) is 20.9 Å². The fourth-order valence-corrected chi connectivity index (χ4v) is 4.96. The first-order valence-electron chi connectivity index (χ1n) is 10.2. The van der Waals surface area contributed by atoms with Gasteiger partial charge in [0, 0.05) is 12.1 Å². The van der Waals surface area contributed by atoms with Crippen LogP contribution >= 0.6 is 27.7 Å². The van der Waals surface area contributed by atoms with Crippen LogP contribution in [0.1, 0.15) is 38.8 Å². The van der Waals surface area contributed by atoms with Gasteiger partial charge in [0.15, 0.2) is 16.7 Å². The van der Waals surface area contributed by atoms with E-state index in [0.29, 0.717) is 31.6 Å². The van der Waals surface area contributed by atoms with Crippen molar-refractivity contribution in [2.24, 2.45) is 4.99 Å². The number of ether oxygens (including phenoxy) is 2. The van der Waals surface area contributed by atoms with E-state index < -0.39 is 0 Å². The zero-order valence-corrected chi connectivity index (χ0v) is 21.1. The number of amides is 1. The molecule has 1 fully saturated rings. The number of rotatable bonds is 7. The second kappa shape index (κ2) is 10.5. The van der Waals surface area contributed by atoms with Crippen molar-refractivity contribution in [3.63, 3.8) is 0 Å². The molecule has 170 valence electrons. The summed E-state index contributed by atoms with van der Waals surface area (Å²) in [7, 11) is 1.55. The van der Waals surface area contributed by atoms with Crippen LogP contribution in [-0.2, 0) is 11.4 Å². The summed E-state index contributed by atoms with van der Waals surface area (Å²) in [4.78, 5) is 19.9. The molecule has 5 nitrogen and oxygen atoms in total. The fraction of sp³-hybridized carbons (Fsp3) is 0.333. The second-order valence-electron chi connectivity index (χ2n) is 7.84. The van der Waals surface area contributed by atoms with Crippen molar-refractivity contribution in [3.8, 4) is 11.5 Å². The molecule has 1 saturated heterocycles. The molecule has 1 aliphatic rings. The summed E-state index contributed by atoms with van der Waals surface area (Å²) in [5, 5.41) is 0.715. The van der Waals surface area contributed by atoms with Gasteiger partial charge < -0.3 is 9.47 Å². The van der Waals surface area contributed by atoms with Crippen LogP contribution in [0.5, 0.6) is 11.5 Å². The number of thioether (sulfide) groups is 1. The summed E-state index contributed by atoms with van der Waals surface area (Å²) in [6.45, 7) is 8.12. The molecule has 2 aromatic carbocycles. The molecule has 2 aromatic rings. The smallest absolute Gasteiger partial charge is 0.266 e. The van der Waals surface area contributed by atoms with Crippen molar-refractivity contribution >= 4 is 44.8 Å². The van der Waals surface area contributed by atoms with Crippen molar-refractivity contribution in [3.05, 3.63) is 62.7 Å². The summed E-state index contributed by atoms with van der Waals surface area (Å²) in [6.07, 6.45) is 1.83. The average molecular weight is 521 g/mol. The van der Waals surface area contributed by atoms with Crippen LogP contribution in [0.4, 0.5) is 4.39 Å². The maximum atomic E-state index is 13.4. The lowest BCUT2D eigenvalue weighted by molar-refractivity contribution is -0.123. The Morgan fingerprint density at radius 1 is 1.22 bits per heavy atom. The van der Waals surface area contributed by atoms with Crippen LogP contribution < -0.4 is 9.47 Å². The monoisotopic (exact) mass is 520 g/mol. The number of carbonyl (C=O) groups is 1. The van der Waals surface area contributed by atoms with Crippen LogP contribution in [0.2, 0.25) is 0 Å². The van der Waals surface area contributed by atoms with Gasteiger partial charge in [0.25, 0.3) is 5.91 Å².